The van der Waals surface area contributed by atoms with Gasteiger partial charge in [-0.3, -0.25) is 4.99 Å². The number of benzene rings is 1. The second kappa shape index (κ2) is 9.53. The number of nitrogens with one attached hydrogen (secondary N) is 1. The molecule has 2 heterocycles. The van der Waals surface area contributed by atoms with Gasteiger partial charge in [0.15, 0.2) is 5.96 Å². The molecule has 8 heteroatoms. The summed E-state index contributed by atoms with van der Waals surface area (Å²) >= 11 is 7.68. The summed E-state index contributed by atoms with van der Waals surface area (Å²) in [4.78, 5) is 12.3. The van der Waals surface area contributed by atoms with Gasteiger partial charge in [0.25, 0.3) is 0 Å². The van der Waals surface area contributed by atoms with E-state index in [9.17, 15) is 0 Å². The van der Waals surface area contributed by atoms with E-state index in [1.807, 2.05) is 31.3 Å². The molecule has 2 aromatic heterocycles. The molecule has 1 N–H and O–H groups in total. The van der Waals surface area contributed by atoms with Crippen molar-refractivity contribution in [3.63, 3.8) is 0 Å². The summed E-state index contributed by atoms with van der Waals surface area (Å²) in [5, 5.41) is 10.2. The maximum Gasteiger partial charge on any atom is 0.228 e. The molecule has 0 amide bonds. The van der Waals surface area contributed by atoms with E-state index >= 15 is 0 Å². The number of thiophene rings is 1. The Morgan fingerprint density at radius 1 is 1.26 bits per heavy atom. The van der Waals surface area contributed by atoms with Gasteiger partial charge in [0.05, 0.1) is 0 Å². The van der Waals surface area contributed by atoms with Crippen molar-refractivity contribution in [2.24, 2.45) is 4.99 Å². The highest BCUT2D eigenvalue weighted by molar-refractivity contribution is 7.09. The van der Waals surface area contributed by atoms with Gasteiger partial charge in [0, 0.05) is 49.1 Å². The lowest BCUT2D eigenvalue weighted by atomic mass is 10.2. The number of guanidine groups is 1. The average molecular weight is 404 g/mol. The molecule has 27 heavy (non-hydrogen) atoms. The lowest BCUT2D eigenvalue weighted by molar-refractivity contribution is 0.377. The summed E-state index contributed by atoms with van der Waals surface area (Å²) < 4.78 is 5.34. The van der Waals surface area contributed by atoms with Crippen molar-refractivity contribution >= 4 is 28.9 Å². The fourth-order valence-electron chi connectivity index (χ4n) is 2.58. The molecular formula is C19H22ClN5OS. The highest BCUT2D eigenvalue weighted by Crippen LogP contribution is 2.18. The van der Waals surface area contributed by atoms with Crippen LogP contribution < -0.4 is 5.32 Å². The fourth-order valence-corrected chi connectivity index (χ4v) is 3.40. The molecule has 0 fully saturated rings. The summed E-state index contributed by atoms with van der Waals surface area (Å²) in [6.07, 6.45) is 1.63. The minimum absolute atomic E-state index is 0.569. The molecule has 0 bridgehead atoms. The molecule has 3 rings (SSSR count). The molecule has 0 atom stereocenters. The topological polar surface area (TPSA) is 66.5 Å². The highest BCUT2D eigenvalue weighted by Gasteiger charge is 2.10. The Morgan fingerprint density at radius 2 is 2.07 bits per heavy atom. The van der Waals surface area contributed by atoms with Crippen LogP contribution in [0.2, 0.25) is 5.02 Å². The molecule has 1 aromatic carbocycles. The lowest BCUT2D eigenvalue weighted by Crippen LogP contribution is -2.40. The Hall–Kier alpha value is -2.38. The Labute approximate surface area is 167 Å². The first-order valence-electron chi connectivity index (χ1n) is 8.68. The third-order valence-corrected chi connectivity index (χ3v) is 5.23. The zero-order chi connectivity index (χ0) is 19.1. The van der Waals surface area contributed by atoms with Gasteiger partial charge in [0.1, 0.15) is 0 Å². The van der Waals surface area contributed by atoms with Crippen LogP contribution in [-0.4, -0.2) is 48.2 Å². The number of aliphatic imine (C=N–C) groups is 1. The van der Waals surface area contributed by atoms with Gasteiger partial charge in [-0.2, -0.15) is 4.98 Å². The van der Waals surface area contributed by atoms with Crippen molar-refractivity contribution in [3.05, 3.63) is 57.6 Å². The minimum atomic E-state index is 0.569. The maximum absolute atomic E-state index is 5.91. The zero-order valence-electron chi connectivity index (χ0n) is 15.4. The quantitative estimate of drug-likeness (QED) is 0.480. The molecule has 0 spiro atoms. The first-order valence-corrected chi connectivity index (χ1v) is 9.94. The Morgan fingerprint density at radius 3 is 2.78 bits per heavy atom. The molecular weight excluding hydrogens is 382 g/mol. The van der Waals surface area contributed by atoms with Crippen LogP contribution >= 0.6 is 22.9 Å². The van der Waals surface area contributed by atoms with Crippen LogP contribution in [0.3, 0.4) is 0 Å². The van der Waals surface area contributed by atoms with Gasteiger partial charge >= 0.3 is 0 Å². The summed E-state index contributed by atoms with van der Waals surface area (Å²) in [5.41, 5.74) is 0.881. The molecule has 3 aromatic rings. The molecule has 0 aliphatic carbocycles. The number of aromatic nitrogens is 2. The average Bonchev–Trinajstić information content (AvgIpc) is 3.36. The highest BCUT2D eigenvalue weighted by atomic mass is 35.5. The van der Waals surface area contributed by atoms with Gasteiger partial charge in [-0.05, 0) is 42.1 Å². The van der Waals surface area contributed by atoms with E-state index in [4.69, 9.17) is 16.1 Å². The largest absolute Gasteiger partial charge is 0.356 e. The minimum Gasteiger partial charge on any atom is -0.356 e. The Balaban J connectivity index is 1.47. The molecule has 0 unspecified atom stereocenters. The van der Waals surface area contributed by atoms with Crippen LogP contribution in [0, 0.1) is 0 Å². The van der Waals surface area contributed by atoms with Crippen molar-refractivity contribution in [3.8, 4) is 11.4 Å². The monoisotopic (exact) mass is 403 g/mol. The normalized spacial score (nSPS) is 11.6. The zero-order valence-corrected chi connectivity index (χ0v) is 16.9. The lowest BCUT2D eigenvalue weighted by Gasteiger charge is -2.21. The molecule has 0 aliphatic rings. The fraction of sp³-hybridized carbons (Fsp3) is 0.316. The van der Waals surface area contributed by atoms with E-state index in [-0.39, 0.29) is 0 Å². The smallest absolute Gasteiger partial charge is 0.228 e. The standard InChI is InChI=1S/C19H22ClN5OS/c1-21-19(25(2)12-10-16-4-3-13-27-16)22-11-9-17-23-18(24-26-17)14-5-7-15(20)8-6-14/h3-8,13H,9-12H2,1-2H3,(H,21,22). The number of rotatable bonds is 7. The first kappa shape index (κ1) is 19.4. The van der Waals surface area contributed by atoms with Crippen LogP contribution in [-0.2, 0) is 12.8 Å². The van der Waals surface area contributed by atoms with E-state index in [2.05, 4.69) is 42.9 Å². The van der Waals surface area contributed by atoms with Crippen LogP contribution in [0.4, 0.5) is 0 Å². The summed E-state index contributed by atoms with van der Waals surface area (Å²) in [6.45, 7) is 1.57. The summed E-state index contributed by atoms with van der Waals surface area (Å²) in [7, 11) is 3.82. The van der Waals surface area contributed by atoms with Crippen LogP contribution in [0.15, 0.2) is 51.3 Å². The van der Waals surface area contributed by atoms with E-state index in [0.717, 1.165) is 24.5 Å². The van der Waals surface area contributed by atoms with Gasteiger partial charge < -0.3 is 14.7 Å². The van der Waals surface area contributed by atoms with E-state index < -0.39 is 0 Å². The van der Waals surface area contributed by atoms with Crippen LogP contribution in [0.25, 0.3) is 11.4 Å². The van der Waals surface area contributed by atoms with Crippen molar-refractivity contribution in [1.29, 1.82) is 0 Å². The van der Waals surface area contributed by atoms with Gasteiger partial charge in [-0.1, -0.05) is 22.8 Å². The van der Waals surface area contributed by atoms with Crippen LogP contribution in [0.1, 0.15) is 10.8 Å². The molecule has 142 valence electrons. The second-order valence-corrected chi connectivity index (χ2v) is 7.46. The van der Waals surface area contributed by atoms with E-state index in [1.54, 1.807) is 18.4 Å². The van der Waals surface area contributed by atoms with Gasteiger partial charge in [-0.25, -0.2) is 0 Å². The molecule has 0 radical (unpaired) electrons. The van der Waals surface area contributed by atoms with Crippen molar-refractivity contribution < 1.29 is 4.52 Å². The molecule has 0 saturated carbocycles. The van der Waals surface area contributed by atoms with Crippen molar-refractivity contribution in [1.82, 2.24) is 20.4 Å². The Kier molecular flexibility index (Phi) is 6.84. The number of likely N-dealkylation sites (N-methyl/N-ethyl adjacent to an activating group) is 1. The second-order valence-electron chi connectivity index (χ2n) is 5.99. The van der Waals surface area contributed by atoms with Crippen molar-refractivity contribution in [2.45, 2.75) is 12.8 Å². The number of hydrogen-bond donors (Lipinski definition) is 1. The molecule has 6 nitrogen and oxygen atoms in total. The maximum atomic E-state index is 5.91. The van der Waals surface area contributed by atoms with E-state index in [0.29, 0.717) is 29.7 Å². The number of hydrogen-bond acceptors (Lipinski definition) is 5. The molecule has 0 saturated heterocycles. The first-order chi connectivity index (χ1) is 13.2. The van der Waals surface area contributed by atoms with Gasteiger partial charge in [0.2, 0.25) is 11.7 Å². The van der Waals surface area contributed by atoms with Crippen LogP contribution in [0.5, 0.6) is 0 Å². The SMILES string of the molecule is CN=C(NCCc1nc(-c2ccc(Cl)cc2)no1)N(C)CCc1cccs1. The number of halogens is 1. The predicted molar refractivity (Wildman–Crippen MR) is 110 cm³/mol. The number of nitrogens with zero attached hydrogens (tertiary/aromatic N) is 4. The van der Waals surface area contributed by atoms with Crippen molar-refractivity contribution in [2.75, 3.05) is 27.2 Å². The summed E-state index contributed by atoms with van der Waals surface area (Å²) in [5.74, 6) is 2.01. The third kappa shape index (κ3) is 5.55. The third-order valence-electron chi connectivity index (χ3n) is 4.04. The summed E-state index contributed by atoms with van der Waals surface area (Å²) in [6, 6.07) is 11.6. The van der Waals surface area contributed by atoms with E-state index in [1.165, 1.54) is 4.88 Å². The molecule has 0 aliphatic heterocycles. The Bertz CT molecular complexity index is 861. The predicted octanol–water partition coefficient (Wildman–Crippen LogP) is 3.74. The van der Waals surface area contributed by atoms with Gasteiger partial charge in [-0.15, -0.1) is 11.3 Å².